The molecule has 0 heterocycles. The lowest BCUT2D eigenvalue weighted by atomic mass is 10.2. The highest BCUT2D eigenvalue weighted by atomic mass is 35.5. The summed E-state index contributed by atoms with van der Waals surface area (Å²) in [5.41, 5.74) is 0.982. The van der Waals surface area contributed by atoms with Crippen LogP contribution in [0.5, 0.6) is 11.5 Å². The normalized spacial score (nSPS) is 10.6. The van der Waals surface area contributed by atoms with Gasteiger partial charge in [-0.05, 0) is 38.1 Å². The van der Waals surface area contributed by atoms with E-state index in [1.807, 2.05) is 13.0 Å². The van der Waals surface area contributed by atoms with Gasteiger partial charge in [-0.15, -0.1) is 0 Å². The first-order chi connectivity index (χ1) is 9.97. The second-order valence-electron chi connectivity index (χ2n) is 4.72. The lowest BCUT2D eigenvalue weighted by Crippen LogP contribution is -2.19. The fourth-order valence-corrected chi connectivity index (χ4v) is 2.00. The molecule has 0 aliphatic heterocycles. The highest BCUT2D eigenvalue weighted by molar-refractivity contribution is 6.32. The van der Waals surface area contributed by atoms with Crippen molar-refractivity contribution in [1.29, 1.82) is 0 Å². The van der Waals surface area contributed by atoms with Crippen molar-refractivity contribution in [3.05, 3.63) is 22.7 Å². The number of halogens is 1. The maximum Gasteiger partial charge on any atom is 0.344 e. The number of hydrogen-bond donors (Lipinski definition) is 1. The van der Waals surface area contributed by atoms with Crippen LogP contribution in [0.3, 0.4) is 0 Å². The monoisotopic (exact) mass is 315 g/mol. The molecule has 0 atom stereocenters. The van der Waals surface area contributed by atoms with Crippen LogP contribution in [-0.2, 0) is 16.1 Å². The summed E-state index contributed by atoms with van der Waals surface area (Å²) >= 11 is 6.20. The molecule has 1 rings (SSSR count). The molecule has 0 bridgehead atoms. The minimum atomic E-state index is -0.445. The molecule has 118 valence electrons. The van der Waals surface area contributed by atoms with Gasteiger partial charge in [0.05, 0.1) is 18.2 Å². The topological polar surface area (TPSA) is 56.8 Å². The first-order valence-corrected chi connectivity index (χ1v) is 7.25. The van der Waals surface area contributed by atoms with Crippen LogP contribution in [0.25, 0.3) is 0 Å². The number of carbonyl (C=O) groups excluding carboxylic acids is 1. The summed E-state index contributed by atoms with van der Waals surface area (Å²) in [6.07, 6.45) is -0.180. The predicted molar refractivity (Wildman–Crippen MR) is 82.1 cm³/mol. The van der Waals surface area contributed by atoms with Gasteiger partial charge in [-0.3, -0.25) is 0 Å². The smallest absolute Gasteiger partial charge is 0.344 e. The summed E-state index contributed by atoms with van der Waals surface area (Å²) in [5, 5.41) is 3.61. The molecule has 21 heavy (non-hydrogen) atoms. The van der Waals surface area contributed by atoms with Crippen molar-refractivity contribution in [3.8, 4) is 11.5 Å². The van der Waals surface area contributed by atoms with Crippen molar-refractivity contribution in [2.45, 2.75) is 33.4 Å². The average Bonchev–Trinajstić information content (AvgIpc) is 2.42. The Hall–Kier alpha value is -1.46. The Morgan fingerprint density at radius 2 is 2.10 bits per heavy atom. The minimum Gasteiger partial charge on any atom is -0.493 e. The number of hydrogen-bond acceptors (Lipinski definition) is 5. The molecule has 0 fully saturated rings. The van der Waals surface area contributed by atoms with Gasteiger partial charge in [0.1, 0.15) is 0 Å². The fraction of sp³-hybridized carbons (Fsp3) is 0.533. The average molecular weight is 316 g/mol. The van der Waals surface area contributed by atoms with Crippen molar-refractivity contribution in [2.24, 2.45) is 0 Å². The maximum absolute atomic E-state index is 11.5. The number of esters is 1. The van der Waals surface area contributed by atoms with Gasteiger partial charge >= 0.3 is 5.97 Å². The van der Waals surface area contributed by atoms with E-state index >= 15 is 0 Å². The molecule has 5 nitrogen and oxygen atoms in total. The Balaban J connectivity index is 2.79. The summed E-state index contributed by atoms with van der Waals surface area (Å²) in [7, 11) is 1.53. The van der Waals surface area contributed by atoms with Gasteiger partial charge in [0.2, 0.25) is 0 Å². The minimum absolute atomic E-state index is 0.180. The lowest BCUT2D eigenvalue weighted by molar-refractivity contribution is -0.149. The van der Waals surface area contributed by atoms with E-state index in [1.165, 1.54) is 7.11 Å². The SMILES string of the molecule is CCNCc1cc(Cl)c(OCC(=O)OC(C)C)c(OC)c1. The molecule has 0 aromatic heterocycles. The molecule has 1 aromatic rings. The molecule has 0 aliphatic carbocycles. The largest absolute Gasteiger partial charge is 0.493 e. The molecule has 0 saturated carbocycles. The Labute approximate surface area is 130 Å². The van der Waals surface area contributed by atoms with Crippen molar-refractivity contribution in [2.75, 3.05) is 20.3 Å². The molecule has 0 amide bonds. The second-order valence-corrected chi connectivity index (χ2v) is 5.12. The van der Waals surface area contributed by atoms with Crippen LogP contribution >= 0.6 is 11.6 Å². The predicted octanol–water partition coefficient (Wildman–Crippen LogP) is 2.79. The van der Waals surface area contributed by atoms with E-state index in [-0.39, 0.29) is 12.7 Å². The van der Waals surface area contributed by atoms with E-state index in [0.717, 1.165) is 12.1 Å². The summed E-state index contributed by atoms with van der Waals surface area (Å²) in [4.78, 5) is 11.5. The van der Waals surface area contributed by atoms with E-state index in [1.54, 1.807) is 19.9 Å². The maximum atomic E-state index is 11.5. The number of methoxy groups -OCH3 is 1. The summed E-state index contributed by atoms with van der Waals surface area (Å²) in [6, 6.07) is 3.62. The highest BCUT2D eigenvalue weighted by Gasteiger charge is 2.14. The highest BCUT2D eigenvalue weighted by Crippen LogP contribution is 2.36. The zero-order chi connectivity index (χ0) is 15.8. The van der Waals surface area contributed by atoms with E-state index in [9.17, 15) is 4.79 Å². The van der Waals surface area contributed by atoms with Gasteiger partial charge in [-0.25, -0.2) is 4.79 Å². The zero-order valence-electron chi connectivity index (χ0n) is 12.9. The van der Waals surface area contributed by atoms with Crippen LogP contribution in [0.4, 0.5) is 0 Å². The van der Waals surface area contributed by atoms with Gasteiger partial charge < -0.3 is 19.5 Å². The van der Waals surface area contributed by atoms with Crippen LogP contribution in [0.15, 0.2) is 12.1 Å². The number of ether oxygens (including phenoxy) is 3. The lowest BCUT2D eigenvalue weighted by Gasteiger charge is -2.14. The van der Waals surface area contributed by atoms with Crippen molar-refractivity contribution in [3.63, 3.8) is 0 Å². The molecule has 0 aliphatic rings. The molecule has 6 heteroatoms. The number of benzene rings is 1. The first-order valence-electron chi connectivity index (χ1n) is 6.87. The summed E-state index contributed by atoms with van der Waals surface area (Å²) in [5.74, 6) is 0.396. The molecule has 1 N–H and O–H groups in total. The van der Waals surface area contributed by atoms with E-state index in [4.69, 9.17) is 25.8 Å². The quantitative estimate of drug-likeness (QED) is 0.748. The van der Waals surface area contributed by atoms with Gasteiger partial charge in [0.15, 0.2) is 18.1 Å². The molecular weight excluding hydrogens is 294 g/mol. The van der Waals surface area contributed by atoms with E-state index in [2.05, 4.69) is 5.32 Å². The number of rotatable bonds is 8. The summed E-state index contributed by atoms with van der Waals surface area (Å²) in [6.45, 7) is 6.92. The van der Waals surface area contributed by atoms with E-state index in [0.29, 0.717) is 23.1 Å². The second kappa shape index (κ2) is 8.74. The molecule has 0 radical (unpaired) electrons. The van der Waals surface area contributed by atoms with Gasteiger partial charge in [0.25, 0.3) is 0 Å². The third-order valence-electron chi connectivity index (χ3n) is 2.57. The Morgan fingerprint density at radius 3 is 2.67 bits per heavy atom. The summed E-state index contributed by atoms with van der Waals surface area (Å²) < 4.78 is 15.7. The van der Waals surface area contributed by atoms with Gasteiger partial charge in [0, 0.05) is 6.54 Å². The zero-order valence-corrected chi connectivity index (χ0v) is 13.6. The number of nitrogens with one attached hydrogen (secondary N) is 1. The van der Waals surface area contributed by atoms with E-state index < -0.39 is 5.97 Å². The molecule has 0 unspecified atom stereocenters. The van der Waals surface area contributed by atoms with Crippen molar-refractivity contribution >= 4 is 17.6 Å². The van der Waals surface area contributed by atoms with Crippen LogP contribution < -0.4 is 14.8 Å². The van der Waals surface area contributed by atoms with Crippen molar-refractivity contribution in [1.82, 2.24) is 5.32 Å². The third kappa shape index (κ3) is 5.81. The molecular formula is C15H22ClNO4. The van der Waals surface area contributed by atoms with Crippen molar-refractivity contribution < 1.29 is 19.0 Å². The van der Waals surface area contributed by atoms with Crippen LogP contribution in [-0.4, -0.2) is 32.3 Å². The van der Waals surface area contributed by atoms with Gasteiger partial charge in [-0.2, -0.15) is 0 Å². The molecule has 0 saturated heterocycles. The fourth-order valence-electron chi connectivity index (χ4n) is 1.71. The Kier molecular flexibility index (Phi) is 7.32. The Morgan fingerprint density at radius 1 is 1.38 bits per heavy atom. The standard InChI is InChI=1S/C15H22ClNO4/c1-5-17-8-11-6-12(16)15(13(7-11)19-4)20-9-14(18)21-10(2)3/h6-7,10,17H,5,8-9H2,1-4H3. The first kappa shape index (κ1) is 17.6. The van der Waals surface area contributed by atoms with Gasteiger partial charge in [-0.1, -0.05) is 18.5 Å². The third-order valence-corrected chi connectivity index (χ3v) is 2.85. The molecule has 0 spiro atoms. The Bertz CT molecular complexity index is 477. The van der Waals surface area contributed by atoms with Crippen LogP contribution in [0.1, 0.15) is 26.3 Å². The molecule has 1 aromatic carbocycles. The van der Waals surface area contributed by atoms with Crippen LogP contribution in [0.2, 0.25) is 5.02 Å². The van der Waals surface area contributed by atoms with Crippen LogP contribution in [0, 0.1) is 0 Å². The number of carbonyl (C=O) groups is 1.